The number of benzene rings is 2. The molecule has 148 valence electrons. The Hall–Kier alpha value is -3.55. The normalized spacial score (nSPS) is 11.1. The lowest BCUT2D eigenvalue weighted by atomic mass is 10.1. The van der Waals surface area contributed by atoms with Crippen LogP contribution in [0.2, 0.25) is 0 Å². The molecule has 0 aliphatic heterocycles. The molecular formula is C21H19FN4O3. The van der Waals surface area contributed by atoms with Crippen LogP contribution < -0.4 is 4.74 Å². The summed E-state index contributed by atoms with van der Waals surface area (Å²) < 4.78 is 25.8. The van der Waals surface area contributed by atoms with Gasteiger partial charge in [-0.1, -0.05) is 6.92 Å². The number of esters is 1. The zero-order chi connectivity index (χ0) is 20.4. The number of ether oxygens (including phenoxy) is 2. The first-order valence-electron chi connectivity index (χ1n) is 9.21. The predicted molar refractivity (Wildman–Crippen MR) is 106 cm³/mol. The molecule has 2 aromatic heterocycles. The number of carbonyl (C=O) groups is 1. The van der Waals surface area contributed by atoms with Crippen LogP contribution in [0.15, 0.2) is 42.7 Å². The summed E-state index contributed by atoms with van der Waals surface area (Å²) in [5, 5.41) is 5.13. The Morgan fingerprint density at radius 3 is 2.79 bits per heavy atom. The molecule has 0 bridgehead atoms. The highest BCUT2D eigenvalue weighted by Gasteiger charge is 2.11. The van der Waals surface area contributed by atoms with E-state index in [1.807, 2.05) is 19.1 Å². The Bertz CT molecular complexity index is 1210. The molecule has 4 aromatic rings. The first kappa shape index (κ1) is 18.8. The standard InChI is InChI=1S/C21H19FN4O3/c1-3-4-21(27)29-12-26-19-9-16-17(8-14(19)10-24-26)25-18(11-23-16)13-5-6-20(28-2)15(22)7-13/h5-11H,3-4,12H2,1-2H3. The van der Waals surface area contributed by atoms with Crippen molar-refractivity contribution in [3.63, 3.8) is 0 Å². The third kappa shape index (κ3) is 3.73. The van der Waals surface area contributed by atoms with Crippen molar-refractivity contribution in [3.05, 3.63) is 48.5 Å². The fraction of sp³-hybridized carbons (Fsp3) is 0.238. The van der Waals surface area contributed by atoms with Gasteiger partial charge in [-0.05, 0) is 36.8 Å². The molecule has 0 radical (unpaired) electrons. The van der Waals surface area contributed by atoms with E-state index in [1.54, 1.807) is 29.2 Å². The minimum atomic E-state index is -0.457. The van der Waals surface area contributed by atoms with Gasteiger partial charge in [-0.2, -0.15) is 5.10 Å². The van der Waals surface area contributed by atoms with E-state index in [9.17, 15) is 9.18 Å². The Morgan fingerprint density at radius 2 is 2.03 bits per heavy atom. The number of rotatable bonds is 6. The molecule has 0 saturated heterocycles. The largest absolute Gasteiger partial charge is 0.494 e. The summed E-state index contributed by atoms with van der Waals surface area (Å²) in [5.41, 5.74) is 3.28. The quantitative estimate of drug-likeness (QED) is 0.458. The molecule has 0 saturated carbocycles. The van der Waals surface area contributed by atoms with Gasteiger partial charge in [0.05, 0.1) is 41.7 Å². The van der Waals surface area contributed by atoms with E-state index >= 15 is 0 Å². The van der Waals surface area contributed by atoms with E-state index in [1.165, 1.54) is 13.2 Å². The molecule has 0 aliphatic rings. The smallest absolute Gasteiger partial charge is 0.307 e. The lowest BCUT2D eigenvalue weighted by molar-refractivity contribution is -0.147. The summed E-state index contributed by atoms with van der Waals surface area (Å²) in [4.78, 5) is 20.7. The molecule has 0 aliphatic carbocycles. The van der Waals surface area contributed by atoms with Crippen LogP contribution in [0.25, 0.3) is 33.2 Å². The van der Waals surface area contributed by atoms with Crippen LogP contribution in [0.3, 0.4) is 0 Å². The van der Waals surface area contributed by atoms with Gasteiger partial charge < -0.3 is 9.47 Å². The van der Waals surface area contributed by atoms with Gasteiger partial charge in [0.2, 0.25) is 0 Å². The third-order valence-electron chi connectivity index (χ3n) is 4.55. The van der Waals surface area contributed by atoms with Crippen molar-refractivity contribution in [2.45, 2.75) is 26.5 Å². The molecule has 4 rings (SSSR count). The summed E-state index contributed by atoms with van der Waals surface area (Å²) in [5.74, 6) is -0.536. The summed E-state index contributed by atoms with van der Waals surface area (Å²) in [6, 6.07) is 8.37. The topological polar surface area (TPSA) is 79.1 Å². The summed E-state index contributed by atoms with van der Waals surface area (Å²) >= 11 is 0. The monoisotopic (exact) mass is 394 g/mol. The maximum absolute atomic E-state index is 14.0. The fourth-order valence-electron chi connectivity index (χ4n) is 3.06. The molecular weight excluding hydrogens is 375 g/mol. The minimum Gasteiger partial charge on any atom is -0.494 e. The number of nitrogens with zero attached hydrogens (tertiary/aromatic N) is 4. The lowest BCUT2D eigenvalue weighted by Gasteiger charge is -2.07. The molecule has 2 aromatic carbocycles. The molecule has 29 heavy (non-hydrogen) atoms. The Kier molecular flexibility index (Phi) is 5.07. The number of carbonyl (C=O) groups excluding carboxylic acids is 1. The molecule has 0 atom stereocenters. The highest BCUT2D eigenvalue weighted by molar-refractivity contribution is 5.93. The summed E-state index contributed by atoms with van der Waals surface area (Å²) in [7, 11) is 1.42. The van der Waals surface area contributed by atoms with Gasteiger partial charge >= 0.3 is 5.97 Å². The Morgan fingerprint density at radius 1 is 1.17 bits per heavy atom. The average Bonchev–Trinajstić information content (AvgIpc) is 3.12. The minimum absolute atomic E-state index is 0.0461. The zero-order valence-electron chi connectivity index (χ0n) is 16.1. The van der Waals surface area contributed by atoms with Crippen LogP contribution in [-0.4, -0.2) is 32.8 Å². The van der Waals surface area contributed by atoms with Crippen molar-refractivity contribution in [2.24, 2.45) is 0 Å². The van der Waals surface area contributed by atoms with Crippen LogP contribution in [0.4, 0.5) is 4.39 Å². The molecule has 0 fully saturated rings. The maximum Gasteiger partial charge on any atom is 0.307 e. The van der Waals surface area contributed by atoms with Crippen molar-refractivity contribution < 1.29 is 18.7 Å². The van der Waals surface area contributed by atoms with Crippen molar-refractivity contribution in [2.75, 3.05) is 7.11 Å². The van der Waals surface area contributed by atoms with Crippen LogP contribution in [0.1, 0.15) is 19.8 Å². The lowest BCUT2D eigenvalue weighted by Crippen LogP contribution is -2.09. The molecule has 8 heteroatoms. The molecule has 0 N–H and O–H groups in total. The van der Waals surface area contributed by atoms with Crippen LogP contribution in [0.5, 0.6) is 5.75 Å². The number of aromatic nitrogens is 4. The van der Waals surface area contributed by atoms with Gasteiger partial charge in [-0.25, -0.2) is 14.1 Å². The molecule has 7 nitrogen and oxygen atoms in total. The number of hydrogen-bond acceptors (Lipinski definition) is 6. The second-order valence-electron chi connectivity index (χ2n) is 6.54. The molecule has 0 amide bonds. The zero-order valence-corrected chi connectivity index (χ0v) is 16.1. The van der Waals surface area contributed by atoms with Crippen LogP contribution in [-0.2, 0) is 16.3 Å². The number of hydrogen-bond donors (Lipinski definition) is 0. The van der Waals surface area contributed by atoms with Gasteiger partial charge in [0.15, 0.2) is 18.3 Å². The Labute approximate surface area is 166 Å². The number of halogens is 1. The highest BCUT2D eigenvalue weighted by Crippen LogP contribution is 2.26. The van der Waals surface area contributed by atoms with Gasteiger partial charge in [0, 0.05) is 17.4 Å². The first-order chi connectivity index (χ1) is 14.1. The van der Waals surface area contributed by atoms with Crippen molar-refractivity contribution in [3.8, 4) is 17.0 Å². The van der Waals surface area contributed by atoms with Crippen LogP contribution >= 0.6 is 0 Å². The maximum atomic E-state index is 14.0. The predicted octanol–water partition coefficient (Wildman–Crippen LogP) is 4.10. The van der Waals surface area contributed by atoms with Gasteiger partial charge in [0.25, 0.3) is 0 Å². The molecule has 0 spiro atoms. The number of methoxy groups -OCH3 is 1. The van der Waals surface area contributed by atoms with Gasteiger partial charge in [-0.15, -0.1) is 0 Å². The van der Waals surface area contributed by atoms with Crippen molar-refractivity contribution >= 4 is 27.9 Å². The third-order valence-corrected chi connectivity index (χ3v) is 4.55. The van der Waals surface area contributed by atoms with Crippen molar-refractivity contribution in [1.29, 1.82) is 0 Å². The van der Waals surface area contributed by atoms with Crippen LogP contribution in [0, 0.1) is 5.82 Å². The van der Waals surface area contributed by atoms with Crippen molar-refractivity contribution in [1.82, 2.24) is 19.7 Å². The number of fused-ring (bicyclic) bond motifs is 2. The van der Waals surface area contributed by atoms with E-state index in [0.29, 0.717) is 28.7 Å². The molecule has 2 heterocycles. The SMILES string of the molecule is CCCC(=O)OCn1ncc2cc3nc(-c4ccc(OC)c(F)c4)cnc3cc21. The van der Waals surface area contributed by atoms with E-state index in [0.717, 1.165) is 17.3 Å². The van der Waals surface area contributed by atoms with E-state index in [2.05, 4.69) is 15.1 Å². The summed E-state index contributed by atoms with van der Waals surface area (Å²) in [6.07, 6.45) is 4.39. The highest BCUT2D eigenvalue weighted by atomic mass is 19.1. The second kappa shape index (κ2) is 7.83. The van der Waals surface area contributed by atoms with E-state index < -0.39 is 5.82 Å². The van der Waals surface area contributed by atoms with Gasteiger partial charge in [-0.3, -0.25) is 9.78 Å². The van der Waals surface area contributed by atoms with E-state index in [4.69, 9.17) is 9.47 Å². The molecule has 0 unspecified atom stereocenters. The summed E-state index contributed by atoms with van der Waals surface area (Å²) in [6.45, 7) is 1.97. The van der Waals surface area contributed by atoms with Gasteiger partial charge in [0.1, 0.15) is 0 Å². The first-order valence-corrected chi connectivity index (χ1v) is 9.21. The fourth-order valence-corrected chi connectivity index (χ4v) is 3.06. The second-order valence-corrected chi connectivity index (χ2v) is 6.54. The Balaban J connectivity index is 1.67. The van der Waals surface area contributed by atoms with E-state index in [-0.39, 0.29) is 18.4 Å². The average molecular weight is 394 g/mol.